The quantitative estimate of drug-likeness (QED) is 0.275. The Morgan fingerprint density at radius 2 is 1.77 bits per heavy atom. The fraction of sp³-hybridized carbons (Fsp3) is 0.200. The number of para-hydroxylation sites is 1. The van der Waals surface area contributed by atoms with Crippen molar-refractivity contribution in [2.45, 2.75) is 42.4 Å². The van der Waals surface area contributed by atoms with Crippen LogP contribution in [0.5, 0.6) is 0 Å². The Balaban J connectivity index is 1.41. The van der Waals surface area contributed by atoms with Crippen molar-refractivity contribution < 1.29 is 0 Å². The third kappa shape index (κ3) is 3.64. The van der Waals surface area contributed by atoms with Crippen LogP contribution in [0.2, 0.25) is 0 Å². The maximum atomic E-state index is 2.65. The van der Waals surface area contributed by atoms with Crippen LogP contribution >= 0.6 is 11.8 Å². The van der Waals surface area contributed by atoms with Crippen LogP contribution in [0.1, 0.15) is 36.6 Å². The third-order valence-electron chi connectivity index (χ3n) is 8.79. The zero-order valence-corrected chi connectivity index (χ0v) is 25.7. The molecular formula is C35H31BN2SSe. The monoisotopic (exact) mass is 602 g/mol. The summed E-state index contributed by atoms with van der Waals surface area (Å²) in [4.78, 5) is 5.04. The van der Waals surface area contributed by atoms with Gasteiger partial charge in [0.2, 0.25) is 0 Å². The summed E-state index contributed by atoms with van der Waals surface area (Å²) >= 11 is 2.18. The van der Waals surface area contributed by atoms with Crippen molar-refractivity contribution in [1.29, 1.82) is 0 Å². The van der Waals surface area contributed by atoms with Crippen LogP contribution < -0.4 is 30.2 Å². The van der Waals surface area contributed by atoms with Crippen molar-refractivity contribution in [3.8, 4) is 5.69 Å². The van der Waals surface area contributed by atoms with Gasteiger partial charge in [0, 0.05) is 0 Å². The second kappa shape index (κ2) is 9.48. The summed E-state index contributed by atoms with van der Waals surface area (Å²) in [6, 6.07) is 28.3. The van der Waals surface area contributed by atoms with Crippen molar-refractivity contribution in [2.75, 3.05) is 19.0 Å². The van der Waals surface area contributed by atoms with Crippen LogP contribution in [0.25, 0.3) is 22.7 Å². The first-order valence-electron chi connectivity index (χ1n) is 14.3. The molecular weight excluding hydrogens is 570 g/mol. The van der Waals surface area contributed by atoms with Gasteiger partial charge in [-0.05, 0) is 0 Å². The number of benzene rings is 4. The third-order valence-corrected chi connectivity index (χ3v) is 12.4. The maximum absolute atomic E-state index is 2.65. The van der Waals surface area contributed by atoms with E-state index in [1.54, 1.807) is 25.6 Å². The van der Waals surface area contributed by atoms with E-state index in [0.717, 1.165) is 0 Å². The van der Waals surface area contributed by atoms with Gasteiger partial charge in [-0.1, -0.05) is 0 Å². The number of rotatable bonds is 3. The topological polar surface area (TPSA) is 8.17 Å². The molecule has 3 heterocycles. The van der Waals surface area contributed by atoms with Gasteiger partial charge in [0.05, 0.1) is 0 Å². The van der Waals surface area contributed by atoms with Gasteiger partial charge in [-0.3, -0.25) is 0 Å². The number of aryl methyl sites for hydroxylation is 1. The van der Waals surface area contributed by atoms with E-state index in [2.05, 4.69) is 115 Å². The van der Waals surface area contributed by atoms with Crippen molar-refractivity contribution in [2.24, 2.45) is 0 Å². The van der Waals surface area contributed by atoms with Crippen molar-refractivity contribution in [3.05, 3.63) is 95.7 Å². The summed E-state index contributed by atoms with van der Waals surface area (Å²) in [5.74, 6) is 0. The molecule has 2 aliphatic heterocycles. The Kier molecular flexibility index (Phi) is 5.85. The molecule has 1 aromatic heterocycles. The average Bonchev–Trinajstić information content (AvgIpc) is 3.30. The molecule has 0 unspecified atom stereocenters. The predicted molar refractivity (Wildman–Crippen MR) is 176 cm³/mol. The SMILES string of the molecule is C/C=C/c1cc2c3c(c1)[Se]c1c(cccc1-n1c4c(c5ccccc51)CCCC4)B3c1ccc(N(C)C)cc1S2. The van der Waals surface area contributed by atoms with E-state index in [4.69, 9.17) is 0 Å². The zero-order chi connectivity index (χ0) is 27.0. The van der Waals surface area contributed by atoms with E-state index in [9.17, 15) is 0 Å². The summed E-state index contributed by atoms with van der Waals surface area (Å²) in [5.41, 5.74) is 13.0. The summed E-state index contributed by atoms with van der Waals surface area (Å²) in [6.07, 6.45) is 9.39. The van der Waals surface area contributed by atoms with Crippen LogP contribution in [0, 0.1) is 0 Å². The van der Waals surface area contributed by atoms with Gasteiger partial charge < -0.3 is 0 Å². The fourth-order valence-electron chi connectivity index (χ4n) is 7.03. The number of allylic oxidation sites excluding steroid dienone is 1. The normalized spacial score (nSPS) is 15.1. The summed E-state index contributed by atoms with van der Waals surface area (Å²) in [6.45, 7) is 2.40. The number of hydrogen-bond acceptors (Lipinski definition) is 2. The first-order valence-corrected chi connectivity index (χ1v) is 16.9. The zero-order valence-electron chi connectivity index (χ0n) is 23.2. The molecule has 196 valence electrons. The second-order valence-electron chi connectivity index (χ2n) is 11.4. The molecule has 4 aromatic carbocycles. The molecule has 8 rings (SSSR count). The number of fused-ring (bicyclic) bond motifs is 7. The molecule has 0 atom stereocenters. The minimum absolute atomic E-state index is 0.221. The van der Waals surface area contributed by atoms with Gasteiger partial charge in [-0.2, -0.15) is 0 Å². The molecule has 0 fully saturated rings. The van der Waals surface area contributed by atoms with Crippen molar-refractivity contribution in [3.63, 3.8) is 0 Å². The molecule has 2 nitrogen and oxygen atoms in total. The van der Waals surface area contributed by atoms with Crippen LogP contribution in [-0.2, 0) is 12.8 Å². The van der Waals surface area contributed by atoms with Crippen LogP contribution in [-0.4, -0.2) is 40.3 Å². The summed E-state index contributed by atoms with van der Waals surface area (Å²) in [7, 11) is 4.27. The van der Waals surface area contributed by atoms with E-state index in [-0.39, 0.29) is 21.7 Å². The van der Waals surface area contributed by atoms with Gasteiger partial charge in [0.25, 0.3) is 0 Å². The molecule has 0 radical (unpaired) electrons. The summed E-state index contributed by atoms with van der Waals surface area (Å²) in [5, 5.41) is 1.45. The van der Waals surface area contributed by atoms with Crippen LogP contribution in [0.3, 0.4) is 0 Å². The van der Waals surface area contributed by atoms with Crippen molar-refractivity contribution >= 4 is 81.4 Å². The van der Waals surface area contributed by atoms with Crippen LogP contribution in [0.4, 0.5) is 5.69 Å². The standard InChI is InChI=1S/C35H31BN2SSe/c1-4-10-22-19-32-34-33(20-22)40-35-27(36(34)26-18-17-23(37(2)3)21-31(26)39-32)13-9-16-30(35)38-28-14-7-5-11-24(28)25-12-6-8-15-29(25)38/h4-5,7,9-11,13-14,16-21H,6,8,12,15H2,1-3H3/b10-4+. The summed E-state index contributed by atoms with van der Waals surface area (Å²) < 4.78 is 5.75. The molecule has 0 saturated carbocycles. The minimum atomic E-state index is 0.221. The molecule has 5 heteroatoms. The molecule has 0 saturated heterocycles. The van der Waals surface area contributed by atoms with Crippen LogP contribution in [0.15, 0.2) is 88.7 Å². The Morgan fingerprint density at radius 3 is 2.65 bits per heavy atom. The molecule has 0 amide bonds. The van der Waals surface area contributed by atoms with Gasteiger partial charge in [-0.25, -0.2) is 0 Å². The molecule has 40 heavy (non-hydrogen) atoms. The molecule has 0 spiro atoms. The Labute approximate surface area is 247 Å². The molecule has 0 bridgehead atoms. The Morgan fingerprint density at radius 1 is 0.900 bits per heavy atom. The molecule has 5 aromatic rings. The number of anilines is 1. The van der Waals surface area contributed by atoms with Gasteiger partial charge in [0.1, 0.15) is 0 Å². The predicted octanol–water partition coefficient (Wildman–Crippen LogP) is 4.56. The molecule has 0 N–H and O–H groups in total. The number of nitrogens with zero attached hydrogens (tertiary/aromatic N) is 2. The van der Waals surface area contributed by atoms with Gasteiger partial charge in [0.15, 0.2) is 0 Å². The van der Waals surface area contributed by atoms with Gasteiger partial charge >= 0.3 is 249 Å². The van der Waals surface area contributed by atoms with E-state index in [1.807, 2.05) is 11.8 Å². The van der Waals surface area contributed by atoms with Crippen molar-refractivity contribution in [1.82, 2.24) is 4.57 Å². The van der Waals surface area contributed by atoms with Gasteiger partial charge in [-0.15, -0.1) is 0 Å². The first kappa shape index (κ1) is 24.7. The fourth-order valence-corrected chi connectivity index (χ4v) is 11.2. The number of hydrogen-bond donors (Lipinski definition) is 0. The molecule has 1 aliphatic carbocycles. The average molecular weight is 601 g/mol. The van der Waals surface area contributed by atoms with E-state index >= 15 is 0 Å². The van der Waals surface area contributed by atoms with E-state index in [1.165, 1.54) is 74.2 Å². The Hall–Kier alpha value is -3.11. The number of aromatic nitrogens is 1. The Bertz CT molecular complexity index is 1870. The van der Waals surface area contributed by atoms with E-state index in [0.29, 0.717) is 0 Å². The first-order chi connectivity index (χ1) is 19.6. The molecule has 3 aliphatic rings. The second-order valence-corrected chi connectivity index (χ2v) is 14.7. The van der Waals surface area contributed by atoms with E-state index < -0.39 is 0 Å².